The van der Waals surface area contributed by atoms with Crippen molar-refractivity contribution in [3.05, 3.63) is 0 Å². The summed E-state index contributed by atoms with van der Waals surface area (Å²) in [6, 6.07) is 0. The number of rotatable bonds is 7. The van der Waals surface area contributed by atoms with Crippen molar-refractivity contribution in [2.75, 3.05) is 20.2 Å². The number of hydroxylamine groups is 1. The molecule has 4 heteroatoms. The van der Waals surface area contributed by atoms with Crippen LogP contribution < -0.4 is 10.8 Å². The lowest BCUT2D eigenvalue weighted by Gasteiger charge is -2.07. The molecule has 0 aliphatic carbocycles. The number of hydrogen-bond acceptors (Lipinski definition) is 3. The average Bonchev–Trinajstić information content (AvgIpc) is 2.10. The number of carbonyl (C=O) groups excluding carboxylic acids is 1. The Hall–Kier alpha value is -0.610. The predicted molar refractivity (Wildman–Crippen MR) is 52.1 cm³/mol. The normalized spacial score (nSPS) is 10.5. The molecule has 2 N–H and O–H groups in total. The summed E-state index contributed by atoms with van der Waals surface area (Å²) in [6.07, 6.45) is 1.35. The molecule has 4 nitrogen and oxygen atoms in total. The van der Waals surface area contributed by atoms with E-state index in [4.69, 9.17) is 4.84 Å². The van der Waals surface area contributed by atoms with Crippen LogP contribution in [0, 0.1) is 5.92 Å². The number of hydrogen-bond donors (Lipinski definition) is 2. The van der Waals surface area contributed by atoms with Crippen LogP contribution in [-0.2, 0) is 9.63 Å². The van der Waals surface area contributed by atoms with E-state index >= 15 is 0 Å². The highest BCUT2D eigenvalue weighted by Gasteiger charge is 1.97. The van der Waals surface area contributed by atoms with Gasteiger partial charge in [0.05, 0.1) is 6.61 Å². The summed E-state index contributed by atoms with van der Waals surface area (Å²) in [5.41, 5.74) is 2.82. The smallest absolute Gasteiger partial charge is 0.219 e. The average molecular weight is 188 g/mol. The molecule has 0 unspecified atom stereocenters. The molecular formula is C9H20N2O2. The second-order valence-corrected chi connectivity index (χ2v) is 3.38. The Morgan fingerprint density at radius 1 is 1.46 bits per heavy atom. The fourth-order valence-corrected chi connectivity index (χ4v) is 0.744. The topological polar surface area (TPSA) is 50.4 Å². The van der Waals surface area contributed by atoms with E-state index in [-0.39, 0.29) is 5.91 Å². The Bertz CT molecular complexity index is 138. The third-order valence-corrected chi connectivity index (χ3v) is 1.48. The van der Waals surface area contributed by atoms with Crippen molar-refractivity contribution in [2.24, 2.45) is 5.92 Å². The van der Waals surface area contributed by atoms with Crippen molar-refractivity contribution in [2.45, 2.75) is 26.7 Å². The summed E-state index contributed by atoms with van der Waals surface area (Å²) >= 11 is 0. The van der Waals surface area contributed by atoms with Crippen LogP contribution in [0.4, 0.5) is 0 Å². The summed E-state index contributed by atoms with van der Waals surface area (Å²) in [7, 11) is 1.64. The number of carbonyl (C=O) groups is 1. The Morgan fingerprint density at radius 3 is 2.69 bits per heavy atom. The van der Waals surface area contributed by atoms with Crippen LogP contribution in [0.5, 0.6) is 0 Å². The molecule has 0 fully saturated rings. The first-order valence-electron chi connectivity index (χ1n) is 4.72. The maximum atomic E-state index is 10.8. The number of amides is 1. The van der Waals surface area contributed by atoms with Gasteiger partial charge >= 0.3 is 0 Å². The lowest BCUT2D eigenvalue weighted by atomic mass is 10.2. The zero-order valence-corrected chi connectivity index (χ0v) is 8.72. The van der Waals surface area contributed by atoms with Gasteiger partial charge in [0.2, 0.25) is 5.91 Å². The molecule has 0 aromatic heterocycles. The van der Waals surface area contributed by atoms with Crippen LogP contribution in [0.1, 0.15) is 26.7 Å². The van der Waals surface area contributed by atoms with Crippen molar-refractivity contribution in [1.82, 2.24) is 10.8 Å². The van der Waals surface area contributed by atoms with Gasteiger partial charge in [0, 0.05) is 20.0 Å². The van der Waals surface area contributed by atoms with Gasteiger partial charge in [0.25, 0.3) is 0 Å². The van der Waals surface area contributed by atoms with Crippen molar-refractivity contribution in [3.8, 4) is 0 Å². The molecule has 0 bridgehead atoms. The minimum absolute atomic E-state index is 0.0747. The molecule has 0 atom stereocenters. The second-order valence-electron chi connectivity index (χ2n) is 3.38. The summed E-state index contributed by atoms with van der Waals surface area (Å²) < 4.78 is 0. The molecular weight excluding hydrogens is 168 g/mol. The molecule has 0 aliphatic rings. The molecule has 0 rings (SSSR count). The third-order valence-electron chi connectivity index (χ3n) is 1.48. The van der Waals surface area contributed by atoms with Gasteiger partial charge in [-0.2, -0.15) is 0 Å². The van der Waals surface area contributed by atoms with Gasteiger partial charge in [-0.3, -0.25) is 4.79 Å². The van der Waals surface area contributed by atoms with Crippen molar-refractivity contribution >= 4 is 5.91 Å². The summed E-state index contributed by atoms with van der Waals surface area (Å²) in [5.74, 6) is 0.608. The van der Waals surface area contributed by atoms with Crippen LogP contribution in [0.15, 0.2) is 0 Å². The molecule has 0 heterocycles. The van der Waals surface area contributed by atoms with E-state index in [0.29, 0.717) is 18.9 Å². The van der Waals surface area contributed by atoms with Gasteiger partial charge < -0.3 is 10.2 Å². The molecule has 0 saturated carbocycles. The Balaban J connectivity index is 3.04. The van der Waals surface area contributed by atoms with Crippen LogP contribution in [-0.4, -0.2) is 26.1 Å². The summed E-state index contributed by atoms with van der Waals surface area (Å²) in [5, 5.41) is 2.57. The van der Waals surface area contributed by atoms with Crippen molar-refractivity contribution in [1.29, 1.82) is 0 Å². The standard InChI is InChI=1S/C9H20N2O2/c1-8(2)7-13-11-6-4-5-9(12)10-3/h8,11H,4-7H2,1-3H3,(H,10,12). The highest BCUT2D eigenvalue weighted by molar-refractivity contribution is 5.75. The van der Waals surface area contributed by atoms with Crippen LogP contribution in [0.25, 0.3) is 0 Å². The molecule has 0 aromatic rings. The fraction of sp³-hybridized carbons (Fsp3) is 0.889. The van der Waals surface area contributed by atoms with E-state index in [0.717, 1.165) is 13.0 Å². The molecule has 0 spiro atoms. The predicted octanol–water partition coefficient (Wildman–Crippen LogP) is 0.690. The highest BCUT2D eigenvalue weighted by atomic mass is 16.6. The largest absolute Gasteiger partial charge is 0.359 e. The lowest BCUT2D eigenvalue weighted by Crippen LogP contribution is -2.22. The molecule has 0 aromatic carbocycles. The van der Waals surface area contributed by atoms with E-state index < -0.39 is 0 Å². The molecule has 0 radical (unpaired) electrons. The SMILES string of the molecule is CNC(=O)CCCNOCC(C)C. The Morgan fingerprint density at radius 2 is 2.15 bits per heavy atom. The van der Waals surface area contributed by atoms with E-state index in [2.05, 4.69) is 24.6 Å². The van der Waals surface area contributed by atoms with Crippen LogP contribution in [0.3, 0.4) is 0 Å². The number of nitrogens with one attached hydrogen (secondary N) is 2. The second kappa shape index (κ2) is 8.01. The summed E-state index contributed by atoms with van der Waals surface area (Å²) in [4.78, 5) is 15.9. The first-order valence-corrected chi connectivity index (χ1v) is 4.72. The maximum absolute atomic E-state index is 10.8. The molecule has 0 aliphatic heterocycles. The first-order chi connectivity index (χ1) is 6.16. The molecule has 1 amide bonds. The van der Waals surface area contributed by atoms with Gasteiger partial charge in [-0.05, 0) is 12.3 Å². The minimum Gasteiger partial charge on any atom is -0.359 e. The minimum atomic E-state index is 0.0747. The van der Waals surface area contributed by atoms with Gasteiger partial charge in [-0.25, -0.2) is 5.48 Å². The van der Waals surface area contributed by atoms with E-state index in [1.165, 1.54) is 0 Å². The lowest BCUT2D eigenvalue weighted by molar-refractivity contribution is -0.120. The van der Waals surface area contributed by atoms with Gasteiger partial charge in [-0.15, -0.1) is 0 Å². The fourth-order valence-electron chi connectivity index (χ4n) is 0.744. The van der Waals surface area contributed by atoms with Crippen LogP contribution in [0.2, 0.25) is 0 Å². The van der Waals surface area contributed by atoms with E-state index in [1.54, 1.807) is 7.05 Å². The zero-order valence-electron chi connectivity index (χ0n) is 8.72. The highest BCUT2D eigenvalue weighted by Crippen LogP contribution is 1.90. The monoisotopic (exact) mass is 188 g/mol. The first kappa shape index (κ1) is 12.4. The molecule has 0 saturated heterocycles. The van der Waals surface area contributed by atoms with Gasteiger partial charge in [0.1, 0.15) is 0 Å². The van der Waals surface area contributed by atoms with E-state index in [9.17, 15) is 4.79 Å². The van der Waals surface area contributed by atoms with Crippen molar-refractivity contribution in [3.63, 3.8) is 0 Å². The quantitative estimate of drug-likeness (QED) is 0.456. The van der Waals surface area contributed by atoms with E-state index in [1.807, 2.05) is 0 Å². The zero-order chi connectivity index (χ0) is 10.1. The molecule has 13 heavy (non-hydrogen) atoms. The van der Waals surface area contributed by atoms with Gasteiger partial charge in [-0.1, -0.05) is 13.8 Å². The van der Waals surface area contributed by atoms with Crippen LogP contribution >= 0.6 is 0 Å². The van der Waals surface area contributed by atoms with Gasteiger partial charge in [0.15, 0.2) is 0 Å². The Kier molecular flexibility index (Phi) is 7.63. The maximum Gasteiger partial charge on any atom is 0.219 e. The van der Waals surface area contributed by atoms with Crippen molar-refractivity contribution < 1.29 is 9.63 Å². The Labute approximate surface area is 80.0 Å². The molecule has 78 valence electrons. The summed E-state index contributed by atoms with van der Waals surface area (Å²) in [6.45, 7) is 5.61. The third kappa shape index (κ3) is 9.30.